The summed E-state index contributed by atoms with van der Waals surface area (Å²) in [6.07, 6.45) is 5.64. The van der Waals surface area contributed by atoms with Gasteiger partial charge in [0.05, 0.1) is 12.3 Å². The van der Waals surface area contributed by atoms with Crippen molar-refractivity contribution in [3.63, 3.8) is 0 Å². The van der Waals surface area contributed by atoms with Crippen LogP contribution in [0.4, 0.5) is 5.69 Å². The van der Waals surface area contributed by atoms with Gasteiger partial charge in [-0.25, -0.2) is 0 Å². The van der Waals surface area contributed by atoms with E-state index in [1.807, 2.05) is 32.0 Å². The summed E-state index contributed by atoms with van der Waals surface area (Å²) in [5.74, 6) is 2.33. The first kappa shape index (κ1) is 13.3. The third-order valence-electron chi connectivity index (χ3n) is 2.40. The molecule has 0 aromatic heterocycles. The molecular weight excluding hydrogens is 214 g/mol. The third kappa shape index (κ3) is 3.33. The number of hydroxylamine groups is 1. The predicted octanol–water partition coefficient (Wildman–Crippen LogP) is 2.61. The van der Waals surface area contributed by atoms with Crippen molar-refractivity contribution in [1.82, 2.24) is 0 Å². The highest BCUT2D eigenvalue weighted by atomic mass is 16.7. The van der Waals surface area contributed by atoms with Crippen LogP contribution in [-0.4, -0.2) is 12.5 Å². The van der Waals surface area contributed by atoms with E-state index in [0.717, 1.165) is 16.8 Å². The van der Waals surface area contributed by atoms with Gasteiger partial charge in [-0.3, -0.25) is 9.63 Å². The molecule has 0 atom stereocenters. The zero-order valence-electron chi connectivity index (χ0n) is 10.5. The molecule has 17 heavy (non-hydrogen) atoms. The fourth-order valence-corrected chi connectivity index (χ4v) is 1.63. The number of para-hydroxylation sites is 1. The molecule has 0 bridgehead atoms. The topological polar surface area (TPSA) is 29.5 Å². The second-order valence-electron chi connectivity index (χ2n) is 3.84. The summed E-state index contributed by atoms with van der Waals surface area (Å²) in [4.78, 5) is 17.0. The van der Waals surface area contributed by atoms with Gasteiger partial charge in [0.25, 0.3) is 0 Å². The van der Waals surface area contributed by atoms with Crippen molar-refractivity contribution in [2.75, 3.05) is 11.7 Å². The Morgan fingerprint density at radius 3 is 2.47 bits per heavy atom. The molecule has 3 heteroatoms. The number of carbonyl (C=O) groups is 1. The van der Waals surface area contributed by atoms with Crippen molar-refractivity contribution in [2.45, 2.75) is 27.2 Å². The van der Waals surface area contributed by atoms with Crippen LogP contribution in [-0.2, 0) is 9.63 Å². The Kier molecular flexibility index (Phi) is 4.74. The van der Waals surface area contributed by atoms with Gasteiger partial charge in [-0.2, -0.15) is 5.06 Å². The molecule has 1 amide bonds. The van der Waals surface area contributed by atoms with Gasteiger partial charge >= 0.3 is 0 Å². The zero-order valence-corrected chi connectivity index (χ0v) is 10.5. The fourth-order valence-electron chi connectivity index (χ4n) is 1.63. The Morgan fingerprint density at radius 2 is 2.00 bits per heavy atom. The minimum Gasteiger partial charge on any atom is -0.273 e. The normalized spacial score (nSPS) is 9.76. The molecule has 0 spiro atoms. The van der Waals surface area contributed by atoms with Gasteiger partial charge in [-0.1, -0.05) is 18.2 Å². The highest BCUT2D eigenvalue weighted by molar-refractivity contribution is 5.91. The summed E-state index contributed by atoms with van der Waals surface area (Å²) in [5.41, 5.74) is 2.80. The van der Waals surface area contributed by atoms with E-state index >= 15 is 0 Å². The lowest BCUT2D eigenvalue weighted by atomic mass is 10.1. The zero-order chi connectivity index (χ0) is 12.8. The summed E-state index contributed by atoms with van der Waals surface area (Å²) in [7, 11) is 0. The van der Waals surface area contributed by atoms with Crippen molar-refractivity contribution in [1.29, 1.82) is 0 Å². The number of aryl methyl sites for hydroxylation is 2. The van der Waals surface area contributed by atoms with Crippen molar-refractivity contribution in [3.05, 3.63) is 29.3 Å². The van der Waals surface area contributed by atoms with Crippen LogP contribution in [0.2, 0.25) is 0 Å². The molecular formula is C14H17NO2. The van der Waals surface area contributed by atoms with Crippen LogP contribution in [0.15, 0.2) is 18.2 Å². The number of hydrogen-bond acceptors (Lipinski definition) is 2. The van der Waals surface area contributed by atoms with Crippen molar-refractivity contribution in [2.24, 2.45) is 0 Å². The van der Waals surface area contributed by atoms with E-state index in [9.17, 15) is 4.79 Å². The molecule has 0 heterocycles. The number of terminal acetylenes is 1. The van der Waals surface area contributed by atoms with Crippen LogP contribution >= 0.6 is 0 Å². The van der Waals surface area contributed by atoms with Crippen LogP contribution in [0.25, 0.3) is 0 Å². The van der Waals surface area contributed by atoms with Gasteiger partial charge in [0.2, 0.25) is 5.91 Å². The average molecular weight is 231 g/mol. The average Bonchev–Trinajstić information content (AvgIpc) is 2.26. The SMILES string of the molecule is C#CCCON(C(C)=O)c1c(C)cccc1C. The summed E-state index contributed by atoms with van der Waals surface area (Å²) in [6.45, 7) is 5.71. The summed E-state index contributed by atoms with van der Waals surface area (Å²) < 4.78 is 0. The number of nitrogens with zero attached hydrogens (tertiary/aromatic N) is 1. The number of amides is 1. The second kappa shape index (κ2) is 6.07. The molecule has 3 nitrogen and oxygen atoms in total. The number of rotatable bonds is 4. The minimum absolute atomic E-state index is 0.153. The lowest BCUT2D eigenvalue weighted by Gasteiger charge is -2.23. The standard InChI is InChI=1S/C14H17NO2/c1-5-6-10-17-15(13(4)16)14-11(2)8-7-9-12(14)3/h1,7-9H,6,10H2,2-4H3. The van der Waals surface area contributed by atoms with Crippen LogP contribution in [0, 0.1) is 26.2 Å². The largest absolute Gasteiger partial charge is 0.273 e. The predicted molar refractivity (Wildman–Crippen MR) is 68.5 cm³/mol. The molecule has 0 aliphatic rings. The monoisotopic (exact) mass is 231 g/mol. The second-order valence-corrected chi connectivity index (χ2v) is 3.84. The van der Waals surface area contributed by atoms with Crippen LogP contribution in [0.3, 0.4) is 0 Å². The highest BCUT2D eigenvalue weighted by Crippen LogP contribution is 2.25. The van der Waals surface area contributed by atoms with Gasteiger partial charge in [0.1, 0.15) is 0 Å². The van der Waals surface area contributed by atoms with Crippen molar-refractivity contribution >= 4 is 11.6 Å². The maximum atomic E-state index is 11.6. The van der Waals surface area contributed by atoms with Gasteiger partial charge in [-0.05, 0) is 25.0 Å². The van der Waals surface area contributed by atoms with E-state index in [-0.39, 0.29) is 5.91 Å². The third-order valence-corrected chi connectivity index (χ3v) is 2.40. The summed E-state index contributed by atoms with van der Waals surface area (Å²) >= 11 is 0. The first-order chi connectivity index (χ1) is 8.07. The van der Waals surface area contributed by atoms with Crippen molar-refractivity contribution in [3.8, 4) is 12.3 Å². The van der Waals surface area contributed by atoms with E-state index in [1.165, 1.54) is 12.0 Å². The van der Waals surface area contributed by atoms with E-state index in [1.54, 1.807) is 0 Å². The first-order valence-electron chi connectivity index (χ1n) is 5.51. The van der Waals surface area contributed by atoms with Gasteiger partial charge < -0.3 is 0 Å². The lowest BCUT2D eigenvalue weighted by Crippen LogP contribution is -2.30. The van der Waals surface area contributed by atoms with Gasteiger partial charge in [-0.15, -0.1) is 12.3 Å². The molecule has 1 aromatic carbocycles. The Bertz CT molecular complexity index is 426. The molecule has 0 radical (unpaired) electrons. The molecule has 0 fully saturated rings. The van der Waals surface area contributed by atoms with E-state index < -0.39 is 0 Å². The molecule has 0 N–H and O–H groups in total. The Labute approximate surface area is 102 Å². The number of benzene rings is 1. The van der Waals surface area contributed by atoms with Gasteiger partial charge in [0, 0.05) is 13.3 Å². The number of carbonyl (C=O) groups excluding carboxylic acids is 1. The Balaban J connectivity index is 2.98. The highest BCUT2D eigenvalue weighted by Gasteiger charge is 2.16. The number of hydrogen-bond donors (Lipinski definition) is 0. The molecule has 0 unspecified atom stereocenters. The molecule has 0 aliphatic carbocycles. The Hall–Kier alpha value is -1.79. The molecule has 90 valence electrons. The summed E-state index contributed by atoms with van der Waals surface area (Å²) in [5, 5.41) is 1.32. The molecule has 0 saturated carbocycles. The van der Waals surface area contributed by atoms with E-state index in [4.69, 9.17) is 11.3 Å². The quantitative estimate of drug-likeness (QED) is 0.453. The van der Waals surface area contributed by atoms with Crippen LogP contribution in [0.5, 0.6) is 0 Å². The maximum Gasteiger partial charge on any atom is 0.247 e. The first-order valence-corrected chi connectivity index (χ1v) is 5.51. The van der Waals surface area contributed by atoms with E-state index in [0.29, 0.717) is 13.0 Å². The summed E-state index contributed by atoms with van der Waals surface area (Å²) in [6, 6.07) is 5.85. The molecule has 1 aromatic rings. The molecule has 1 rings (SSSR count). The number of anilines is 1. The Morgan fingerprint density at radius 1 is 1.41 bits per heavy atom. The van der Waals surface area contributed by atoms with E-state index in [2.05, 4.69) is 5.92 Å². The fraction of sp³-hybridized carbons (Fsp3) is 0.357. The maximum absolute atomic E-state index is 11.6. The molecule has 0 saturated heterocycles. The smallest absolute Gasteiger partial charge is 0.247 e. The minimum atomic E-state index is -0.153. The lowest BCUT2D eigenvalue weighted by molar-refractivity contribution is -0.123. The van der Waals surface area contributed by atoms with Gasteiger partial charge in [0.15, 0.2) is 0 Å². The van der Waals surface area contributed by atoms with Crippen molar-refractivity contribution < 1.29 is 9.63 Å². The van der Waals surface area contributed by atoms with Crippen LogP contribution < -0.4 is 5.06 Å². The van der Waals surface area contributed by atoms with Crippen LogP contribution in [0.1, 0.15) is 24.5 Å². The molecule has 0 aliphatic heterocycles.